The minimum Gasteiger partial charge on any atom is -0.397 e. The van der Waals surface area contributed by atoms with Crippen LogP contribution in [-0.4, -0.2) is 72.8 Å². The van der Waals surface area contributed by atoms with E-state index in [9.17, 15) is 13.2 Å². The van der Waals surface area contributed by atoms with Crippen molar-refractivity contribution in [1.82, 2.24) is 19.2 Å². The van der Waals surface area contributed by atoms with Gasteiger partial charge in [0.1, 0.15) is 11.8 Å². The lowest BCUT2D eigenvalue weighted by Gasteiger charge is -2.39. The number of benzene rings is 4. The lowest BCUT2D eigenvalue weighted by atomic mass is 10.0. The number of para-hydroxylation sites is 1. The summed E-state index contributed by atoms with van der Waals surface area (Å²) in [7, 11) is -2.62. The average Bonchev–Trinajstić information content (AvgIpc) is 3.18. The second kappa shape index (κ2) is 15.4. The molecule has 0 saturated carbocycles. The van der Waals surface area contributed by atoms with Gasteiger partial charge in [0, 0.05) is 85.2 Å². The van der Waals surface area contributed by atoms with E-state index in [1.807, 2.05) is 60.7 Å². The van der Waals surface area contributed by atoms with E-state index < -0.39 is 16.1 Å². The SMILES string of the molecule is CN(C(Cc1ccc(OOSOc2cccc3cnccc23)cc1)C(=O)N1CCN(c2ccccc2)CC1)S(=O)(=O)c1cccc2cnccc12. The van der Waals surface area contributed by atoms with Crippen molar-refractivity contribution in [3.8, 4) is 11.5 Å². The molecule has 0 aliphatic carbocycles. The third-order valence-electron chi connectivity index (χ3n) is 9.01. The zero-order valence-corrected chi connectivity index (χ0v) is 29.4. The van der Waals surface area contributed by atoms with Crippen LogP contribution in [0.3, 0.4) is 0 Å². The predicted molar refractivity (Wildman–Crippen MR) is 198 cm³/mol. The highest BCUT2D eigenvalue weighted by atomic mass is 32.2. The third-order valence-corrected chi connectivity index (χ3v) is 11.3. The highest BCUT2D eigenvalue weighted by molar-refractivity contribution is 7.90. The minimum absolute atomic E-state index is 0.123. The van der Waals surface area contributed by atoms with Crippen molar-refractivity contribution in [2.75, 3.05) is 38.1 Å². The van der Waals surface area contributed by atoms with Gasteiger partial charge in [-0.05, 0) is 60.5 Å². The van der Waals surface area contributed by atoms with Crippen LogP contribution in [0.25, 0.3) is 21.5 Å². The number of carbonyl (C=O) groups is 1. The first kappa shape index (κ1) is 34.2. The fraction of sp³-hybridized carbons (Fsp3) is 0.184. The minimum atomic E-state index is -4.10. The van der Waals surface area contributed by atoms with Gasteiger partial charge in [-0.2, -0.15) is 4.31 Å². The molecule has 1 aliphatic heterocycles. The van der Waals surface area contributed by atoms with E-state index in [2.05, 4.69) is 14.9 Å². The summed E-state index contributed by atoms with van der Waals surface area (Å²) in [4.78, 5) is 32.1. The number of rotatable bonds is 12. The maximum atomic E-state index is 14.3. The Kier molecular flexibility index (Phi) is 10.3. The van der Waals surface area contributed by atoms with E-state index in [0.717, 1.165) is 22.0 Å². The molecule has 6 aromatic rings. The van der Waals surface area contributed by atoms with E-state index in [-0.39, 0.29) is 17.2 Å². The maximum Gasteiger partial charge on any atom is 0.271 e. The molecule has 4 aromatic carbocycles. The molecule has 1 unspecified atom stereocenters. The van der Waals surface area contributed by atoms with Gasteiger partial charge in [0.05, 0.1) is 4.90 Å². The Hall–Kier alpha value is -5.21. The van der Waals surface area contributed by atoms with E-state index in [4.69, 9.17) is 13.4 Å². The molecule has 0 bridgehead atoms. The number of hydrogen-bond donors (Lipinski definition) is 0. The van der Waals surface area contributed by atoms with Crippen LogP contribution in [0.1, 0.15) is 5.56 Å². The van der Waals surface area contributed by atoms with Crippen molar-refractivity contribution in [3.63, 3.8) is 0 Å². The van der Waals surface area contributed by atoms with Gasteiger partial charge in [-0.1, -0.05) is 58.9 Å². The van der Waals surface area contributed by atoms with Crippen molar-refractivity contribution in [3.05, 3.63) is 133 Å². The van der Waals surface area contributed by atoms with Gasteiger partial charge in [-0.25, -0.2) is 8.42 Å². The number of fused-ring (bicyclic) bond motifs is 2. The molecule has 2 aromatic heterocycles. The molecule has 11 nitrogen and oxygen atoms in total. The molecular formula is C38H35N5O6S2. The van der Waals surface area contributed by atoms with Gasteiger partial charge in [-0.15, -0.1) is 0 Å². The summed E-state index contributed by atoms with van der Waals surface area (Å²) in [5.74, 6) is 0.759. The van der Waals surface area contributed by atoms with Crippen molar-refractivity contribution < 1.29 is 26.6 Å². The zero-order chi connectivity index (χ0) is 35.2. The molecular weight excluding hydrogens is 687 g/mol. The van der Waals surface area contributed by atoms with Crippen LogP contribution in [0.4, 0.5) is 5.69 Å². The summed E-state index contributed by atoms with van der Waals surface area (Å²) in [6.45, 7) is 2.22. The van der Waals surface area contributed by atoms with Crippen molar-refractivity contribution in [2.24, 2.45) is 0 Å². The number of anilines is 1. The van der Waals surface area contributed by atoms with Gasteiger partial charge in [-0.3, -0.25) is 14.8 Å². The van der Waals surface area contributed by atoms with E-state index in [1.54, 1.807) is 72.2 Å². The lowest BCUT2D eigenvalue weighted by molar-refractivity contribution is -0.135. The highest BCUT2D eigenvalue weighted by Crippen LogP contribution is 2.30. The Morgan fingerprint density at radius 2 is 1.47 bits per heavy atom. The fourth-order valence-corrected chi connectivity index (χ4v) is 8.10. The number of sulfonamides is 1. The van der Waals surface area contributed by atoms with Crippen LogP contribution in [0.15, 0.2) is 133 Å². The first-order valence-corrected chi connectivity index (χ1v) is 18.5. The number of piperazine rings is 1. The molecule has 1 aliphatic rings. The van der Waals surface area contributed by atoms with E-state index in [0.29, 0.717) is 60.8 Å². The van der Waals surface area contributed by atoms with Crippen molar-refractivity contribution in [2.45, 2.75) is 17.4 Å². The number of pyridine rings is 2. The van der Waals surface area contributed by atoms with E-state index in [1.165, 1.54) is 11.4 Å². The van der Waals surface area contributed by atoms with Crippen LogP contribution in [0.5, 0.6) is 11.5 Å². The Balaban J connectivity index is 1.06. The normalized spacial score (nSPS) is 14.2. The van der Waals surface area contributed by atoms with Gasteiger partial charge in [0.25, 0.3) is 12.3 Å². The van der Waals surface area contributed by atoms with Crippen molar-refractivity contribution >= 4 is 55.5 Å². The largest absolute Gasteiger partial charge is 0.397 e. The lowest BCUT2D eigenvalue weighted by Crippen LogP contribution is -2.56. The van der Waals surface area contributed by atoms with Gasteiger partial charge in [0.15, 0.2) is 5.75 Å². The maximum absolute atomic E-state index is 14.3. The smallest absolute Gasteiger partial charge is 0.271 e. The number of nitrogens with zero attached hydrogens (tertiary/aromatic N) is 5. The highest BCUT2D eigenvalue weighted by Gasteiger charge is 2.37. The van der Waals surface area contributed by atoms with Crippen molar-refractivity contribution in [1.29, 1.82) is 0 Å². The summed E-state index contributed by atoms with van der Waals surface area (Å²) in [5.41, 5.74) is 1.84. The van der Waals surface area contributed by atoms with E-state index >= 15 is 0 Å². The van der Waals surface area contributed by atoms with Gasteiger partial charge in [0.2, 0.25) is 15.9 Å². The molecule has 1 saturated heterocycles. The molecule has 0 radical (unpaired) electrons. The zero-order valence-electron chi connectivity index (χ0n) is 27.7. The van der Waals surface area contributed by atoms with Gasteiger partial charge < -0.3 is 18.9 Å². The molecule has 0 N–H and O–H groups in total. The topological polar surface area (TPSA) is 114 Å². The Morgan fingerprint density at radius 3 is 2.20 bits per heavy atom. The molecule has 260 valence electrons. The molecule has 1 fully saturated rings. The number of likely N-dealkylation sites (N-methyl/N-ethyl adjacent to an activating group) is 1. The fourth-order valence-electron chi connectivity index (χ4n) is 6.22. The third kappa shape index (κ3) is 7.61. The molecule has 1 atom stereocenters. The summed E-state index contributed by atoms with van der Waals surface area (Å²) in [6.07, 6.45) is 6.79. The average molecular weight is 722 g/mol. The summed E-state index contributed by atoms with van der Waals surface area (Å²) >= 11 is 0.681. The first-order chi connectivity index (χ1) is 24.9. The molecule has 1 amide bonds. The van der Waals surface area contributed by atoms with Crippen LogP contribution in [-0.2, 0) is 25.6 Å². The molecule has 51 heavy (non-hydrogen) atoms. The standard InChI is InChI=1S/C38H35N5O6S2/c1-41(51(45,46)37-12-6-8-30-27-40-20-18-34(30)37)35(38(44)43-23-21-42(22-24-43)31-9-3-2-4-10-31)25-28-13-15-32(16-14-28)47-49-50-48-36-11-5-7-29-26-39-19-17-33(29)36/h2-20,26-27,35H,21-25H2,1H3. The predicted octanol–water partition coefficient (Wildman–Crippen LogP) is 6.32. The van der Waals surface area contributed by atoms with Crippen LogP contribution < -0.4 is 14.0 Å². The summed E-state index contributed by atoms with van der Waals surface area (Å²) < 4.78 is 40.6. The molecule has 3 heterocycles. The number of hydrogen-bond acceptors (Lipinski definition) is 10. The van der Waals surface area contributed by atoms with Crippen LogP contribution in [0, 0.1) is 0 Å². The molecule has 0 spiro atoms. The molecule has 13 heteroatoms. The second-order valence-electron chi connectivity index (χ2n) is 12.0. The first-order valence-electron chi connectivity index (χ1n) is 16.4. The van der Waals surface area contributed by atoms with Crippen LogP contribution in [0.2, 0.25) is 0 Å². The number of amides is 1. The summed E-state index contributed by atoms with van der Waals surface area (Å²) in [6, 6.07) is 30.3. The quantitative estimate of drug-likeness (QED) is 0.0616. The number of carbonyl (C=O) groups excluding carboxylic acids is 1. The Morgan fingerprint density at radius 1 is 0.804 bits per heavy atom. The second-order valence-corrected chi connectivity index (χ2v) is 14.4. The monoisotopic (exact) mass is 721 g/mol. The number of aromatic nitrogens is 2. The Labute approximate surface area is 300 Å². The van der Waals surface area contributed by atoms with Gasteiger partial charge >= 0.3 is 0 Å². The molecule has 7 rings (SSSR count). The summed E-state index contributed by atoms with van der Waals surface area (Å²) in [5, 5.41) is 3.07. The Bertz CT molecular complexity index is 2220. The van der Waals surface area contributed by atoms with Crippen LogP contribution >= 0.6 is 12.3 Å².